The first-order valence-corrected chi connectivity index (χ1v) is 9.01. The molecule has 0 aliphatic carbocycles. The van der Waals surface area contributed by atoms with Gasteiger partial charge in [0.25, 0.3) is 5.91 Å². The zero-order valence-corrected chi connectivity index (χ0v) is 14.7. The molecule has 0 bridgehead atoms. The van der Waals surface area contributed by atoms with Crippen LogP contribution in [-0.2, 0) is 14.6 Å². The van der Waals surface area contributed by atoms with Gasteiger partial charge in [-0.25, -0.2) is 8.42 Å². The van der Waals surface area contributed by atoms with Crippen LogP contribution in [0.25, 0.3) is 0 Å². The minimum absolute atomic E-state index is 0. The number of sulfone groups is 1. The van der Waals surface area contributed by atoms with Gasteiger partial charge in [-0.05, 0) is 43.7 Å². The Hall–Kier alpha value is -1.15. The van der Waals surface area contributed by atoms with Gasteiger partial charge in [-0.1, -0.05) is 0 Å². The maximum absolute atomic E-state index is 12.0. The van der Waals surface area contributed by atoms with Crippen LogP contribution in [0.3, 0.4) is 0 Å². The van der Waals surface area contributed by atoms with Gasteiger partial charge in [-0.3, -0.25) is 4.79 Å². The molecular weight excluding hydrogens is 340 g/mol. The fraction of sp³-hybridized carbons (Fsp3) is 0.533. The zero-order valence-electron chi connectivity index (χ0n) is 13.1. The molecule has 0 radical (unpaired) electrons. The van der Waals surface area contributed by atoms with E-state index in [1.807, 2.05) is 0 Å². The molecule has 1 atom stereocenters. The highest BCUT2D eigenvalue weighted by Gasteiger charge is 2.17. The lowest BCUT2D eigenvalue weighted by Gasteiger charge is -2.11. The van der Waals surface area contributed by atoms with Gasteiger partial charge in [0.2, 0.25) is 0 Å². The smallest absolute Gasteiger partial charge is 0.251 e. The highest BCUT2D eigenvalue weighted by atomic mass is 35.5. The van der Waals surface area contributed by atoms with Crippen LogP contribution in [0, 0.1) is 0 Å². The molecule has 1 aliphatic heterocycles. The fourth-order valence-corrected chi connectivity index (χ4v) is 3.55. The van der Waals surface area contributed by atoms with Crippen LogP contribution in [-0.4, -0.2) is 52.9 Å². The molecule has 1 saturated heterocycles. The number of rotatable bonds is 7. The number of hydrogen-bond acceptors (Lipinski definition) is 5. The average molecular weight is 363 g/mol. The van der Waals surface area contributed by atoms with Gasteiger partial charge >= 0.3 is 0 Å². The number of carbonyl (C=O) groups is 1. The molecule has 23 heavy (non-hydrogen) atoms. The number of halogens is 1. The Morgan fingerprint density at radius 1 is 1.35 bits per heavy atom. The van der Waals surface area contributed by atoms with Crippen molar-refractivity contribution < 1.29 is 17.9 Å². The normalized spacial score (nSPS) is 17.5. The first kappa shape index (κ1) is 19.9. The summed E-state index contributed by atoms with van der Waals surface area (Å²) in [7, 11) is -1.90. The molecule has 0 saturated carbocycles. The van der Waals surface area contributed by atoms with Crippen LogP contribution in [0.15, 0.2) is 29.2 Å². The first-order chi connectivity index (χ1) is 10.5. The van der Waals surface area contributed by atoms with Crippen LogP contribution >= 0.6 is 12.4 Å². The van der Waals surface area contributed by atoms with Gasteiger partial charge in [0.15, 0.2) is 9.84 Å². The molecule has 6 nitrogen and oxygen atoms in total. The quantitative estimate of drug-likeness (QED) is 0.756. The van der Waals surface area contributed by atoms with E-state index in [-0.39, 0.29) is 35.6 Å². The molecule has 2 rings (SSSR count). The summed E-state index contributed by atoms with van der Waals surface area (Å²) in [5.41, 5.74) is 0.462. The van der Waals surface area contributed by atoms with Crippen molar-refractivity contribution >= 4 is 28.2 Å². The van der Waals surface area contributed by atoms with Crippen LogP contribution in [0.1, 0.15) is 23.2 Å². The van der Waals surface area contributed by atoms with E-state index < -0.39 is 9.84 Å². The number of methoxy groups -OCH3 is 1. The Morgan fingerprint density at radius 2 is 2.04 bits per heavy atom. The summed E-state index contributed by atoms with van der Waals surface area (Å²) in [6.07, 6.45) is 2.20. The molecule has 1 unspecified atom stereocenters. The number of carbonyl (C=O) groups excluding carboxylic acids is 1. The second-order valence-corrected chi connectivity index (χ2v) is 7.45. The van der Waals surface area contributed by atoms with Crippen molar-refractivity contribution in [2.24, 2.45) is 0 Å². The molecule has 8 heteroatoms. The number of ether oxygens (including phenoxy) is 1. The second-order valence-electron chi connectivity index (χ2n) is 5.34. The maximum atomic E-state index is 12.0. The van der Waals surface area contributed by atoms with Crippen molar-refractivity contribution in [2.75, 3.05) is 32.6 Å². The summed E-state index contributed by atoms with van der Waals surface area (Å²) >= 11 is 0. The van der Waals surface area contributed by atoms with Crippen molar-refractivity contribution in [3.05, 3.63) is 29.8 Å². The van der Waals surface area contributed by atoms with E-state index >= 15 is 0 Å². The molecule has 1 fully saturated rings. The standard InChI is InChI=1S/C15H22N2O4S.ClH/c1-21-9-10-22(19,20)14-6-4-12(5-7-14)15(18)17-11-13-3-2-8-16-13;/h4-7,13,16H,2-3,8-11H2,1H3,(H,17,18);1H. The van der Waals surface area contributed by atoms with E-state index in [1.54, 1.807) is 0 Å². The molecule has 2 N–H and O–H groups in total. The Bertz CT molecular complexity index is 598. The zero-order chi connectivity index (χ0) is 16.0. The highest BCUT2D eigenvalue weighted by Crippen LogP contribution is 2.13. The van der Waals surface area contributed by atoms with Crippen LogP contribution < -0.4 is 10.6 Å². The molecule has 130 valence electrons. The first-order valence-electron chi connectivity index (χ1n) is 7.36. The van der Waals surface area contributed by atoms with E-state index in [0.717, 1.165) is 19.4 Å². The minimum atomic E-state index is -3.36. The summed E-state index contributed by atoms with van der Waals surface area (Å²) in [4.78, 5) is 12.2. The summed E-state index contributed by atoms with van der Waals surface area (Å²) in [6.45, 7) is 1.74. The van der Waals surface area contributed by atoms with E-state index in [4.69, 9.17) is 4.74 Å². The topological polar surface area (TPSA) is 84.5 Å². The van der Waals surface area contributed by atoms with Crippen molar-refractivity contribution in [1.82, 2.24) is 10.6 Å². The molecule has 1 heterocycles. The monoisotopic (exact) mass is 362 g/mol. The van der Waals surface area contributed by atoms with Crippen molar-refractivity contribution in [3.8, 4) is 0 Å². The number of amides is 1. The fourth-order valence-electron chi connectivity index (χ4n) is 2.37. The van der Waals surface area contributed by atoms with Gasteiger partial charge < -0.3 is 15.4 Å². The lowest BCUT2D eigenvalue weighted by molar-refractivity contribution is 0.0950. The van der Waals surface area contributed by atoms with Crippen LogP contribution in [0.5, 0.6) is 0 Å². The van der Waals surface area contributed by atoms with Gasteiger partial charge in [0.1, 0.15) is 0 Å². The Morgan fingerprint density at radius 3 is 2.61 bits per heavy atom. The Balaban J connectivity index is 0.00000264. The highest BCUT2D eigenvalue weighted by molar-refractivity contribution is 7.91. The van der Waals surface area contributed by atoms with Crippen molar-refractivity contribution in [1.29, 1.82) is 0 Å². The summed E-state index contributed by atoms with van der Waals surface area (Å²) < 4.78 is 28.8. The van der Waals surface area contributed by atoms with E-state index in [2.05, 4.69) is 10.6 Å². The number of hydrogen-bond donors (Lipinski definition) is 2. The van der Waals surface area contributed by atoms with E-state index in [9.17, 15) is 13.2 Å². The molecule has 1 aliphatic rings. The molecule has 1 aromatic rings. The van der Waals surface area contributed by atoms with Gasteiger partial charge in [0, 0.05) is 25.3 Å². The molecule has 1 amide bonds. The Labute approximate surface area is 143 Å². The lowest BCUT2D eigenvalue weighted by Crippen LogP contribution is -2.37. The number of benzene rings is 1. The minimum Gasteiger partial charge on any atom is -0.384 e. The van der Waals surface area contributed by atoms with E-state index in [1.165, 1.54) is 31.4 Å². The third kappa shape index (κ3) is 5.76. The molecule has 1 aromatic carbocycles. The van der Waals surface area contributed by atoms with Gasteiger partial charge in [-0.2, -0.15) is 0 Å². The van der Waals surface area contributed by atoms with E-state index in [0.29, 0.717) is 18.2 Å². The third-order valence-electron chi connectivity index (χ3n) is 3.70. The SMILES string of the molecule is COCCS(=O)(=O)c1ccc(C(=O)NCC2CCCN2)cc1.Cl. The van der Waals surface area contributed by atoms with Crippen molar-refractivity contribution in [2.45, 2.75) is 23.8 Å². The summed E-state index contributed by atoms with van der Waals surface area (Å²) in [5, 5.41) is 6.17. The van der Waals surface area contributed by atoms with Gasteiger partial charge in [-0.15, -0.1) is 12.4 Å². The van der Waals surface area contributed by atoms with Crippen molar-refractivity contribution in [3.63, 3.8) is 0 Å². The maximum Gasteiger partial charge on any atom is 0.251 e. The number of nitrogens with one attached hydrogen (secondary N) is 2. The average Bonchev–Trinajstić information content (AvgIpc) is 3.04. The Kier molecular flexibility index (Phi) is 7.98. The molecular formula is C15H23ClN2O4S. The van der Waals surface area contributed by atoms with Gasteiger partial charge in [0.05, 0.1) is 17.3 Å². The predicted molar refractivity (Wildman–Crippen MR) is 91.0 cm³/mol. The predicted octanol–water partition coefficient (Wildman–Crippen LogP) is 1.01. The van der Waals surface area contributed by atoms with Crippen LogP contribution in [0.4, 0.5) is 0 Å². The second kappa shape index (κ2) is 9.22. The summed E-state index contributed by atoms with van der Waals surface area (Å²) in [5.74, 6) is -0.253. The molecule has 0 aromatic heterocycles. The largest absolute Gasteiger partial charge is 0.384 e. The van der Waals surface area contributed by atoms with Crippen LogP contribution in [0.2, 0.25) is 0 Å². The lowest BCUT2D eigenvalue weighted by atomic mass is 10.2. The summed E-state index contributed by atoms with van der Waals surface area (Å²) in [6, 6.07) is 6.34. The third-order valence-corrected chi connectivity index (χ3v) is 5.40. The molecule has 0 spiro atoms.